The van der Waals surface area contributed by atoms with Crippen LogP contribution in [0.25, 0.3) is 0 Å². The normalized spacial score (nSPS) is 13.9. The first-order valence-electron chi connectivity index (χ1n) is 6.88. The number of carbonyl (C=O) groups is 2. The fourth-order valence-corrected chi connectivity index (χ4v) is 2.13. The maximum atomic E-state index is 13.9. The van der Waals surface area contributed by atoms with E-state index in [4.69, 9.17) is 0 Å². The summed E-state index contributed by atoms with van der Waals surface area (Å²) in [5.74, 6) is -0.327. The van der Waals surface area contributed by atoms with Crippen molar-refractivity contribution in [1.29, 1.82) is 0 Å². The quantitative estimate of drug-likeness (QED) is 0.889. The molecule has 2 rings (SSSR count). The molecule has 0 fully saturated rings. The predicted octanol–water partition coefficient (Wildman–Crippen LogP) is 3.09. The van der Waals surface area contributed by atoms with E-state index >= 15 is 0 Å². The number of amides is 2. The van der Waals surface area contributed by atoms with Crippen LogP contribution in [0.2, 0.25) is 0 Å². The third-order valence-corrected chi connectivity index (χ3v) is 3.31. The Kier molecular flexibility index (Phi) is 4.37. The first-order chi connectivity index (χ1) is 9.45. The van der Waals surface area contributed by atoms with Crippen molar-refractivity contribution >= 4 is 23.2 Å². The van der Waals surface area contributed by atoms with Crippen molar-refractivity contribution in [3.05, 3.63) is 23.5 Å². The van der Waals surface area contributed by atoms with Crippen molar-refractivity contribution < 1.29 is 14.0 Å². The second kappa shape index (κ2) is 6.03. The SMILES string of the molecule is CC(C)CCC(=O)Nc1cc2c(cc1F)CCC(=O)N2. The Hall–Kier alpha value is -1.91. The molecule has 1 aliphatic rings. The Balaban J connectivity index is 2.10. The molecule has 0 spiro atoms. The fraction of sp³-hybridized carbons (Fsp3) is 0.467. The molecule has 1 aromatic rings. The van der Waals surface area contributed by atoms with Gasteiger partial charge in [-0.2, -0.15) is 0 Å². The van der Waals surface area contributed by atoms with Gasteiger partial charge in [0, 0.05) is 18.5 Å². The zero-order valence-electron chi connectivity index (χ0n) is 11.8. The van der Waals surface area contributed by atoms with E-state index in [0.29, 0.717) is 30.9 Å². The number of carbonyl (C=O) groups excluding carboxylic acids is 2. The van der Waals surface area contributed by atoms with E-state index in [-0.39, 0.29) is 17.5 Å². The number of aryl methyl sites for hydroxylation is 1. The monoisotopic (exact) mass is 278 g/mol. The molecule has 0 unspecified atom stereocenters. The molecule has 1 aliphatic heterocycles. The van der Waals surface area contributed by atoms with Gasteiger partial charge in [-0.25, -0.2) is 4.39 Å². The van der Waals surface area contributed by atoms with E-state index in [9.17, 15) is 14.0 Å². The van der Waals surface area contributed by atoms with Gasteiger partial charge in [0.1, 0.15) is 5.82 Å². The maximum absolute atomic E-state index is 13.9. The van der Waals surface area contributed by atoms with Crippen LogP contribution in [0, 0.1) is 11.7 Å². The second-order valence-electron chi connectivity index (χ2n) is 5.52. The van der Waals surface area contributed by atoms with Crippen molar-refractivity contribution in [2.45, 2.75) is 39.5 Å². The molecular formula is C15H19FN2O2. The van der Waals surface area contributed by atoms with Crippen LogP contribution in [0.5, 0.6) is 0 Å². The van der Waals surface area contributed by atoms with Gasteiger partial charge in [0.25, 0.3) is 0 Å². The summed E-state index contributed by atoms with van der Waals surface area (Å²) in [5.41, 5.74) is 1.48. The molecule has 2 amide bonds. The summed E-state index contributed by atoms with van der Waals surface area (Å²) < 4.78 is 13.9. The highest BCUT2D eigenvalue weighted by atomic mass is 19.1. The maximum Gasteiger partial charge on any atom is 0.224 e. The molecule has 20 heavy (non-hydrogen) atoms. The van der Waals surface area contributed by atoms with Crippen molar-refractivity contribution in [3.63, 3.8) is 0 Å². The van der Waals surface area contributed by atoms with E-state index in [1.165, 1.54) is 12.1 Å². The Bertz CT molecular complexity index is 541. The minimum absolute atomic E-state index is 0.0822. The molecule has 0 aromatic heterocycles. The largest absolute Gasteiger partial charge is 0.326 e. The number of benzene rings is 1. The zero-order valence-corrected chi connectivity index (χ0v) is 11.8. The molecule has 0 radical (unpaired) electrons. The van der Waals surface area contributed by atoms with Crippen molar-refractivity contribution in [3.8, 4) is 0 Å². The molecule has 2 N–H and O–H groups in total. The number of fused-ring (bicyclic) bond motifs is 1. The molecule has 108 valence electrons. The van der Waals surface area contributed by atoms with Crippen LogP contribution < -0.4 is 10.6 Å². The summed E-state index contributed by atoms with van der Waals surface area (Å²) in [5, 5.41) is 5.26. The number of rotatable bonds is 4. The van der Waals surface area contributed by atoms with Crippen molar-refractivity contribution in [2.75, 3.05) is 10.6 Å². The summed E-state index contributed by atoms with van der Waals surface area (Å²) in [6, 6.07) is 2.88. The predicted molar refractivity (Wildman–Crippen MR) is 76.1 cm³/mol. The van der Waals surface area contributed by atoms with Crippen molar-refractivity contribution in [2.24, 2.45) is 5.92 Å². The molecule has 0 aliphatic carbocycles. The smallest absolute Gasteiger partial charge is 0.224 e. The molecule has 0 atom stereocenters. The molecule has 4 nitrogen and oxygen atoms in total. The van der Waals surface area contributed by atoms with Crippen LogP contribution >= 0.6 is 0 Å². The van der Waals surface area contributed by atoms with Crippen LogP contribution in [-0.2, 0) is 16.0 Å². The van der Waals surface area contributed by atoms with Gasteiger partial charge in [-0.3, -0.25) is 9.59 Å². The number of hydrogen-bond donors (Lipinski definition) is 2. The molecular weight excluding hydrogens is 259 g/mol. The number of nitrogens with one attached hydrogen (secondary N) is 2. The van der Waals surface area contributed by atoms with Gasteiger partial charge in [-0.1, -0.05) is 13.8 Å². The Morgan fingerprint density at radius 2 is 2.15 bits per heavy atom. The van der Waals surface area contributed by atoms with E-state index in [2.05, 4.69) is 10.6 Å². The summed E-state index contributed by atoms with van der Waals surface area (Å²) in [7, 11) is 0. The lowest BCUT2D eigenvalue weighted by molar-refractivity contribution is -0.117. The molecule has 1 heterocycles. The lowest BCUT2D eigenvalue weighted by Gasteiger charge is -2.18. The minimum atomic E-state index is -0.460. The van der Waals surface area contributed by atoms with Crippen LogP contribution in [0.4, 0.5) is 15.8 Å². The highest BCUT2D eigenvalue weighted by Gasteiger charge is 2.18. The number of hydrogen-bond acceptors (Lipinski definition) is 2. The van der Waals surface area contributed by atoms with Gasteiger partial charge in [0.15, 0.2) is 0 Å². The van der Waals surface area contributed by atoms with Gasteiger partial charge in [0.05, 0.1) is 5.69 Å². The van der Waals surface area contributed by atoms with Crippen LogP contribution in [-0.4, -0.2) is 11.8 Å². The Labute approximate surface area is 117 Å². The van der Waals surface area contributed by atoms with E-state index in [1.807, 2.05) is 13.8 Å². The molecule has 0 saturated carbocycles. The summed E-state index contributed by atoms with van der Waals surface area (Å²) >= 11 is 0. The number of anilines is 2. The van der Waals surface area contributed by atoms with Crippen LogP contribution in [0.3, 0.4) is 0 Å². The van der Waals surface area contributed by atoms with Crippen LogP contribution in [0.1, 0.15) is 38.7 Å². The minimum Gasteiger partial charge on any atom is -0.326 e. The third-order valence-electron chi connectivity index (χ3n) is 3.31. The Morgan fingerprint density at radius 1 is 1.40 bits per heavy atom. The average Bonchev–Trinajstić information content (AvgIpc) is 2.38. The summed E-state index contributed by atoms with van der Waals surface area (Å²) in [6.45, 7) is 4.06. The van der Waals surface area contributed by atoms with Gasteiger partial charge >= 0.3 is 0 Å². The van der Waals surface area contributed by atoms with Gasteiger partial charge in [-0.15, -0.1) is 0 Å². The standard InChI is InChI=1S/C15H19FN2O2/c1-9(2)3-5-14(19)18-13-8-12-10(7-11(13)16)4-6-15(20)17-12/h7-9H,3-6H2,1-2H3,(H,17,20)(H,18,19). The lowest BCUT2D eigenvalue weighted by Crippen LogP contribution is -2.20. The first kappa shape index (κ1) is 14.5. The highest BCUT2D eigenvalue weighted by molar-refractivity contribution is 5.96. The topological polar surface area (TPSA) is 58.2 Å². The van der Waals surface area contributed by atoms with Gasteiger partial charge in [0.2, 0.25) is 11.8 Å². The lowest BCUT2D eigenvalue weighted by atomic mass is 10.0. The van der Waals surface area contributed by atoms with Crippen LogP contribution in [0.15, 0.2) is 12.1 Å². The molecule has 1 aromatic carbocycles. The van der Waals surface area contributed by atoms with E-state index in [0.717, 1.165) is 12.0 Å². The fourth-order valence-electron chi connectivity index (χ4n) is 2.13. The van der Waals surface area contributed by atoms with Gasteiger partial charge in [-0.05, 0) is 36.5 Å². The average molecular weight is 278 g/mol. The van der Waals surface area contributed by atoms with Gasteiger partial charge < -0.3 is 10.6 Å². The Morgan fingerprint density at radius 3 is 2.85 bits per heavy atom. The second-order valence-corrected chi connectivity index (χ2v) is 5.52. The number of halogens is 1. The highest BCUT2D eigenvalue weighted by Crippen LogP contribution is 2.28. The summed E-state index contributed by atoms with van der Waals surface area (Å²) in [6.07, 6.45) is 2.02. The first-order valence-corrected chi connectivity index (χ1v) is 6.88. The molecule has 0 saturated heterocycles. The summed E-state index contributed by atoms with van der Waals surface area (Å²) in [4.78, 5) is 23.1. The zero-order chi connectivity index (χ0) is 14.7. The molecule has 0 bridgehead atoms. The van der Waals surface area contributed by atoms with E-state index in [1.54, 1.807) is 0 Å². The third kappa shape index (κ3) is 3.56. The van der Waals surface area contributed by atoms with E-state index < -0.39 is 5.82 Å². The van der Waals surface area contributed by atoms with Crippen molar-refractivity contribution in [1.82, 2.24) is 0 Å². The molecule has 5 heteroatoms.